The second kappa shape index (κ2) is 8.01. The Labute approximate surface area is 160 Å². The summed E-state index contributed by atoms with van der Waals surface area (Å²) in [7, 11) is 0. The summed E-state index contributed by atoms with van der Waals surface area (Å²) >= 11 is 0. The van der Waals surface area contributed by atoms with Crippen LogP contribution in [-0.2, 0) is 11.2 Å². The lowest BCUT2D eigenvalue weighted by atomic mass is 9.89. The van der Waals surface area contributed by atoms with E-state index >= 15 is 0 Å². The lowest BCUT2D eigenvalue weighted by Gasteiger charge is -2.35. The SMILES string of the molecule is CC(C(=O)Nc1ccc2c(c1)OCO2)N1CCC(Cc2ccccc2)CC1. The molecule has 0 aliphatic carbocycles. The lowest BCUT2D eigenvalue weighted by molar-refractivity contribution is -0.121. The van der Waals surface area contributed by atoms with E-state index < -0.39 is 0 Å². The Kier molecular flexibility index (Phi) is 5.30. The van der Waals surface area contributed by atoms with E-state index in [0.717, 1.165) is 43.8 Å². The summed E-state index contributed by atoms with van der Waals surface area (Å²) in [5.74, 6) is 2.13. The highest BCUT2D eigenvalue weighted by Gasteiger charge is 2.27. The predicted octanol–water partition coefficient (Wildman–Crippen LogP) is 3.70. The maximum atomic E-state index is 12.7. The average Bonchev–Trinajstić information content (AvgIpc) is 3.16. The van der Waals surface area contributed by atoms with Gasteiger partial charge in [-0.2, -0.15) is 0 Å². The molecule has 1 atom stereocenters. The minimum absolute atomic E-state index is 0.0235. The zero-order valence-electron chi connectivity index (χ0n) is 15.7. The first kappa shape index (κ1) is 17.9. The smallest absolute Gasteiger partial charge is 0.241 e. The molecule has 2 aromatic rings. The monoisotopic (exact) mass is 366 g/mol. The second-order valence-corrected chi connectivity index (χ2v) is 7.40. The van der Waals surface area contributed by atoms with Gasteiger partial charge in [0.15, 0.2) is 11.5 Å². The fourth-order valence-electron chi connectivity index (χ4n) is 3.88. The van der Waals surface area contributed by atoms with Gasteiger partial charge in [0.05, 0.1) is 6.04 Å². The molecular formula is C22H26N2O3. The molecule has 1 amide bonds. The summed E-state index contributed by atoms with van der Waals surface area (Å²) in [4.78, 5) is 14.9. The number of fused-ring (bicyclic) bond motifs is 1. The third kappa shape index (κ3) is 4.25. The first-order chi connectivity index (χ1) is 13.2. The molecule has 0 radical (unpaired) electrons. The van der Waals surface area contributed by atoms with E-state index in [1.807, 2.05) is 25.1 Å². The number of hydrogen-bond donors (Lipinski definition) is 1. The number of ether oxygens (including phenoxy) is 2. The first-order valence-corrected chi connectivity index (χ1v) is 9.67. The molecule has 2 aromatic carbocycles. The van der Waals surface area contributed by atoms with Crippen LogP contribution in [0.15, 0.2) is 48.5 Å². The van der Waals surface area contributed by atoms with Crippen molar-refractivity contribution in [3.05, 3.63) is 54.1 Å². The Balaban J connectivity index is 1.28. The van der Waals surface area contributed by atoms with E-state index in [1.54, 1.807) is 0 Å². The molecular weight excluding hydrogens is 340 g/mol. The van der Waals surface area contributed by atoms with Crippen molar-refractivity contribution in [1.29, 1.82) is 0 Å². The van der Waals surface area contributed by atoms with Crippen LogP contribution in [0.1, 0.15) is 25.3 Å². The van der Waals surface area contributed by atoms with E-state index in [1.165, 1.54) is 5.56 Å². The zero-order chi connectivity index (χ0) is 18.6. The molecule has 1 saturated heterocycles. The van der Waals surface area contributed by atoms with Crippen LogP contribution in [0, 0.1) is 5.92 Å². The summed E-state index contributed by atoms with van der Waals surface area (Å²) in [5.41, 5.74) is 2.15. The Morgan fingerprint density at radius 1 is 1.11 bits per heavy atom. The van der Waals surface area contributed by atoms with Crippen molar-refractivity contribution < 1.29 is 14.3 Å². The second-order valence-electron chi connectivity index (χ2n) is 7.40. The standard InChI is InChI=1S/C22H26N2O3/c1-16(22(25)23-19-7-8-20-21(14-19)27-15-26-20)24-11-9-18(10-12-24)13-17-5-3-2-4-6-17/h2-8,14,16,18H,9-13,15H2,1H3,(H,23,25). The molecule has 0 bridgehead atoms. The summed E-state index contributed by atoms with van der Waals surface area (Å²) in [5, 5.41) is 3.00. The molecule has 5 nitrogen and oxygen atoms in total. The van der Waals surface area contributed by atoms with Gasteiger partial charge in [0.2, 0.25) is 12.7 Å². The Bertz CT molecular complexity index is 785. The van der Waals surface area contributed by atoms with Gasteiger partial charge in [0.25, 0.3) is 0 Å². The zero-order valence-corrected chi connectivity index (χ0v) is 15.7. The van der Waals surface area contributed by atoms with Crippen LogP contribution in [-0.4, -0.2) is 36.7 Å². The number of hydrogen-bond acceptors (Lipinski definition) is 4. The predicted molar refractivity (Wildman–Crippen MR) is 105 cm³/mol. The fraction of sp³-hybridized carbons (Fsp3) is 0.409. The summed E-state index contributed by atoms with van der Waals surface area (Å²) in [6.45, 7) is 4.15. The van der Waals surface area contributed by atoms with Crippen LogP contribution in [0.4, 0.5) is 5.69 Å². The molecule has 4 rings (SSSR count). The van der Waals surface area contributed by atoms with Gasteiger partial charge >= 0.3 is 0 Å². The fourth-order valence-corrected chi connectivity index (χ4v) is 3.88. The molecule has 0 saturated carbocycles. The molecule has 2 aliphatic rings. The van der Waals surface area contributed by atoms with Crippen LogP contribution < -0.4 is 14.8 Å². The number of piperidine rings is 1. The van der Waals surface area contributed by atoms with Crippen LogP contribution in [0.25, 0.3) is 0 Å². The van der Waals surface area contributed by atoms with E-state index in [-0.39, 0.29) is 18.7 Å². The molecule has 2 heterocycles. The quantitative estimate of drug-likeness (QED) is 0.877. The topological polar surface area (TPSA) is 50.8 Å². The van der Waals surface area contributed by atoms with Crippen LogP contribution >= 0.6 is 0 Å². The van der Waals surface area contributed by atoms with Gasteiger partial charge in [0, 0.05) is 11.8 Å². The van der Waals surface area contributed by atoms with Crippen molar-refractivity contribution in [3.8, 4) is 11.5 Å². The lowest BCUT2D eigenvalue weighted by Crippen LogP contribution is -2.46. The first-order valence-electron chi connectivity index (χ1n) is 9.67. The highest BCUT2D eigenvalue weighted by atomic mass is 16.7. The van der Waals surface area contributed by atoms with Gasteiger partial charge in [-0.25, -0.2) is 0 Å². The van der Waals surface area contributed by atoms with Crippen molar-refractivity contribution >= 4 is 11.6 Å². The summed E-state index contributed by atoms with van der Waals surface area (Å²) in [6.07, 6.45) is 3.40. The number of amides is 1. The highest BCUT2D eigenvalue weighted by Crippen LogP contribution is 2.34. The molecule has 142 valence electrons. The number of benzene rings is 2. The molecule has 0 aromatic heterocycles. The highest BCUT2D eigenvalue weighted by molar-refractivity contribution is 5.94. The van der Waals surface area contributed by atoms with E-state index in [4.69, 9.17) is 9.47 Å². The van der Waals surface area contributed by atoms with Crippen molar-refractivity contribution in [2.24, 2.45) is 5.92 Å². The molecule has 1 fully saturated rings. The molecule has 27 heavy (non-hydrogen) atoms. The number of nitrogens with zero attached hydrogens (tertiary/aromatic N) is 1. The van der Waals surface area contributed by atoms with Crippen LogP contribution in [0.2, 0.25) is 0 Å². The maximum Gasteiger partial charge on any atom is 0.241 e. The minimum atomic E-state index is -0.145. The molecule has 2 aliphatic heterocycles. The van der Waals surface area contributed by atoms with Gasteiger partial charge < -0.3 is 14.8 Å². The third-order valence-corrected chi connectivity index (χ3v) is 5.58. The van der Waals surface area contributed by atoms with Crippen molar-refractivity contribution in [3.63, 3.8) is 0 Å². The number of carbonyl (C=O) groups excluding carboxylic acids is 1. The number of likely N-dealkylation sites (tertiary alicyclic amines) is 1. The van der Waals surface area contributed by atoms with Gasteiger partial charge in [-0.3, -0.25) is 9.69 Å². The molecule has 1 unspecified atom stereocenters. The van der Waals surface area contributed by atoms with Crippen molar-refractivity contribution in [2.75, 3.05) is 25.2 Å². The number of anilines is 1. The van der Waals surface area contributed by atoms with Crippen LogP contribution in [0.5, 0.6) is 11.5 Å². The summed E-state index contributed by atoms with van der Waals surface area (Å²) < 4.78 is 10.7. The van der Waals surface area contributed by atoms with Gasteiger partial charge in [-0.1, -0.05) is 30.3 Å². The largest absolute Gasteiger partial charge is 0.454 e. The van der Waals surface area contributed by atoms with E-state index in [0.29, 0.717) is 11.7 Å². The molecule has 5 heteroatoms. The van der Waals surface area contributed by atoms with E-state index in [9.17, 15) is 4.79 Å². The Morgan fingerprint density at radius 2 is 1.85 bits per heavy atom. The molecule has 1 N–H and O–H groups in total. The Morgan fingerprint density at radius 3 is 2.63 bits per heavy atom. The number of rotatable bonds is 5. The maximum absolute atomic E-state index is 12.7. The third-order valence-electron chi connectivity index (χ3n) is 5.58. The van der Waals surface area contributed by atoms with Crippen molar-refractivity contribution in [1.82, 2.24) is 4.90 Å². The normalized spacial score (nSPS) is 18.3. The summed E-state index contributed by atoms with van der Waals surface area (Å²) in [6, 6.07) is 16.0. The van der Waals surface area contributed by atoms with Gasteiger partial charge in [-0.15, -0.1) is 0 Å². The minimum Gasteiger partial charge on any atom is -0.454 e. The van der Waals surface area contributed by atoms with E-state index in [2.05, 4.69) is 40.5 Å². The number of nitrogens with one attached hydrogen (secondary N) is 1. The van der Waals surface area contributed by atoms with Crippen molar-refractivity contribution in [2.45, 2.75) is 32.2 Å². The number of carbonyl (C=O) groups is 1. The average molecular weight is 366 g/mol. The van der Waals surface area contributed by atoms with Crippen LogP contribution in [0.3, 0.4) is 0 Å². The molecule has 0 spiro atoms. The van der Waals surface area contributed by atoms with Gasteiger partial charge in [-0.05, 0) is 62.9 Å². The Hall–Kier alpha value is -2.53. The van der Waals surface area contributed by atoms with Gasteiger partial charge in [0.1, 0.15) is 0 Å².